The lowest BCUT2D eigenvalue weighted by atomic mass is 10.2. The van der Waals surface area contributed by atoms with E-state index in [4.69, 9.17) is 14.6 Å². The monoisotopic (exact) mass is 398 g/mol. The summed E-state index contributed by atoms with van der Waals surface area (Å²) in [6.07, 6.45) is 2.18. The van der Waals surface area contributed by atoms with Crippen molar-refractivity contribution in [1.82, 2.24) is 9.21 Å². The molecule has 0 saturated carbocycles. The Morgan fingerprint density at radius 1 is 1.11 bits per heavy atom. The van der Waals surface area contributed by atoms with E-state index in [0.29, 0.717) is 18.7 Å². The van der Waals surface area contributed by atoms with Crippen molar-refractivity contribution in [1.29, 1.82) is 0 Å². The van der Waals surface area contributed by atoms with Crippen molar-refractivity contribution >= 4 is 28.0 Å². The van der Waals surface area contributed by atoms with Crippen LogP contribution in [0.25, 0.3) is 6.08 Å². The molecular weight excluding hydrogens is 376 g/mol. The number of carboxylic acid groups (broad SMARTS) is 1. The summed E-state index contributed by atoms with van der Waals surface area (Å²) in [5, 5.41) is 8.80. The summed E-state index contributed by atoms with van der Waals surface area (Å²) in [6.45, 7) is 2.35. The molecular formula is C17H22N2O7S. The molecule has 1 aromatic carbocycles. The minimum Gasteiger partial charge on any atom is -0.493 e. The third kappa shape index (κ3) is 4.58. The summed E-state index contributed by atoms with van der Waals surface area (Å²) in [4.78, 5) is 23.7. The summed E-state index contributed by atoms with van der Waals surface area (Å²) in [5.41, 5.74) is 0.344. The van der Waals surface area contributed by atoms with Gasteiger partial charge in [-0.15, -0.1) is 0 Å². The predicted molar refractivity (Wildman–Crippen MR) is 97.2 cm³/mol. The average Bonchev–Trinajstić information content (AvgIpc) is 2.65. The number of aliphatic carboxylic acids is 1. The van der Waals surface area contributed by atoms with E-state index >= 15 is 0 Å². The largest absolute Gasteiger partial charge is 0.493 e. The van der Waals surface area contributed by atoms with Crippen LogP contribution in [-0.2, 0) is 19.6 Å². The van der Waals surface area contributed by atoms with Crippen molar-refractivity contribution in [3.63, 3.8) is 0 Å². The van der Waals surface area contributed by atoms with E-state index in [2.05, 4.69) is 0 Å². The number of hydrogen-bond donors (Lipinski definition) is 1. The van der Waals surface area contributed by atoms with Gasteiger partial charge in [0.05, 0.1) is 14.2 Å². The van der Waals surface area contributed by atoms with Crippen LogP contribution >= 0.6 is 0 Å². The molecule has 0 bridgehead atoms. The van der Waals surface area contributed by atoms with Crippen molar-refractivity contribution in [3.05, 3.63) is 23.8 Å². The van der Waals surface area contributed by atoms with Gasteiger partial charge in [-0.1, -0.05) is 0 Å². The van der Waals surface area contributed by atoms with Gasteiger partial charge in [-0.3, -0.25) is 4.79 Å². The van der Waals surface area contributed by atoms with Crippen LogP contribution in [0.15, 0.2) is 23.1 Å². The number of amides is 1. The standard InChI is InChI=1S/C17H22N2O7S/c1-12(20)18-6-8-19(9-7-18)27(23,24)15-11-13(4-5-16(21)22)10-14(25-2)17(15)26-3/h4-5,10-11H,6-9H2,1-3H3,(H,21,22). The van der Waals surface area contributed by atoms with Crippen molar-refractivity contribution < 1.29 is 32.6 Å². The number of carbonyl (C=O) groups is 2. The molecule has 1 aromatic rings. The number of hydrogen-bond acceptors (Lipinski definition) is 6. The Kier molecular flexibility index (Phi) is 6.45. The first-order valence-electron chi connectivity index (χ1n) is 8.13. The Bertz CT molecular complexity index is 856. The highest BCUT2D eigenvalue weighted by molar-refractivity contribution is 7.89. The highest BCUT2D eigenvalue weighted by Gasteiger charge is 2.33. The highest BCUT2D eigenvalue weighted by Crippen LogP contribution is 2.37. The highest BCUT2D eigenvalue weighted by atomic mass is 32.2. The number of piperazine rings is 1. The van der Waals surface area contributed by atoms with Gasteiger partial charge in [0.15, 0.2) is 11.5 Å². The fourth-order valence-corrected chi connectivity index (χ4v) is 4.41. The molecule has 1 aliphatic rings. The van der Waals surface area contributed by atoms with E-state index in [0.717, 1.165) is 6.08 Å². The van der Waals surface area contributed by atoms with Gasteiger partial charge in [0.2, 0.25) is 15.9 Å². The molecule has 1 amide bonds. The Labute approximate surface area is 157 Å². The lowest BCUT2D eigenvalue weighted by Gasteiger charge is -2.33. The number of carbonyl (C=O) groups excluding carboxylic acids is 1. The van der Waals surface area contributed by atoms with Crippen LogP contribution in [0.4, 0.5) is 0 Å². The lowest BCUT2D eigenvalue weighted by molar-refractivity contribution is -0.131. The Hall–Kier alpha value is -2.59. The van der Waals surface area contributed by atoms with E-state index in [1.54, 1.807) is 4.90 Å². The number of nitrogens with zero attached hydrogens (tertiary/aromatic N) is 2. The minimum atomic E-state index is -3.94. The molecule has 0 radical (unpaired) electrons. The topological polar surface area (TPSA) is 113 Å². The zero-order valence-corrected chi connectivity index (χ0v) is 16.2. The van der Waals surface area contributed by atoms with Gasteiger partial charge >= 0.3 is 5.97 Å². The van der Waals surface area contributed by atoms with E-state index in [1.165, 1.54) is 43.7 Å². The van der Waals surface area contributed by atoms with E-state index in [-0.39, 0.29) is 35.4 Å². The van der Waals surface area contributed by atoms with Crippen LogP contribution in [0.5, 0.6) is 11.5 Å². The molecule has 9 nitrogen and oxygen atoms in total. The smallest absolute Gasteiger partial charge is 0.328 e. The third-order valence-electron chi connectivity index (χ3n) is 4.19. The molecule has 10 heteroatoms. The van der Waals surface area contributed by atoms with Crippen LogP contribution in [-0.4, -0.2) is 75.0 Å². The lowest BCUT2D eigenvalue weighted by Crippen LogP contribution is -2.49. The SMILES string of the molecule is COc1cc(C=CC(=O)O)cc(S(=O)(=O)N2CCN(C(C)=O)CC2)c1OC. The number of carboxylic acids is 1. The number of benzene rings is 1. The second-order valence-electron chi connectivity index (χ2n) is 5.84. The summed E-state index contributed by atoms with van der Waals surface area (Å²) in [7, 11) is -1.24. The maximum atomic E-state index is 13.1. The van der Waals surface area contributed by atoms with Crippen molar-refractivity contribution in [3.8, 4) is 11.5 Å². The van der Waals surface area contributed by atoms with Crippen LogP contribution in [0.2, 0.25) is 0 Å². The first kappa shape index (κ1) is 20.7. The molecule has 1 saturated heterocycles. The molecule has 0 aliphatic carbocycles. The molecule has 27 heavy (non-hydrogen) atoms. The maximum absolute atomic E-state index is 13.1. The molecule has 1 heterocycles. The average molecular weight is 398 g/mol. The first-order chi connectivity index (χ1) is 12.7. The number of ether oxygens (including phenoxy) is 2. The van der Waals surface area contributed by atoms with Crippen LogP contribution in [0.3, 0.4) is 0 Å². The molecule has 1 N–H and O–H groups in total. The van der Waals surface area contributed by atoms with Gasteiger partial charge in [0, 0.05) is 39.2 Å². The zero-order valence-electron chi connectivity index (χ0n) is 15.3. The number of sulfonamides is 1. The second kappa shape index (κ2) is 8.40. The molecule has 1 fully saturated rings. The quantitative estimate of drug-likeness (QED) is 0.700. The van der Waals surface area contributed by atoms with Crippen LogP contribution in [0.1, 0.15) is 12.5 Å². The van der Waals surface area contributed by atoms with Gasteiger partial charge in [0.1, 0.15) is 4.90 Å². The fourth-order valence-electron chi connectivity index (χ4n) is 2.79. The summed E-state index contributed by atoms with van der Waals surface area (Å²) in [6, 6.07) is 2.83. The number of rotatable bonds is 6. The van der Waals surface area contributed by atoms with E-state index in [9.17, 15) is 18.0 Å². The van der Waals surface area contributed by atoms with E-state index < -0.39 is 16.0 Å². The van der Waals surface area contributed by atoms with Crippen molar-refractivity contribution in [2.75, 3.05) is 40.4 Å². The third-order valence-corrected chi connectivity index (χ3v) is 6.09. The van der Waals surface area contributed by atoms with Crippen LogP contribution < -0.4 is 9.47 Å². The normalized spacial score (nSPS) is 15.7. The maximum Gasteiger partial charge on any atom is 0.328 e. The second-order valence-corrected chi connectivity index (χ2v) is 7.74. The first-order valence-corrected chi connectivity index (χ1v) is 9.57. The number of methoxy groups -OCH3 is 2. The summed E-state index contributed by atoms with van der Waals surface area (Å²) < 4.78 is 38.0. The van der Waals surface area contributed by atoms with Gasteiger partial charge in [-0.05, 0) is 23.8 Å². The predicted octanol–water partition coefficient (Wildman–Crippen LogP) is 0.654. The summed E-state index contributed by atoms with van der Waals surface area (Å²) >= 11 is 0. The molecule has 0 spiro atoms. The Morgan fingerprint density at radius 3 is 2.22 bits per heavy atom. The Balaban J connectivity index is 2.46. The van der Waals surface area contributed by atoms with Gasteiger partial charge in [0.25, 0.3) is 0 Å². The zero-order chi connectivity index (χ0) is 20.2. The fraction of sp³-hybridized carbons (Fsp3) is 0.412. The van der Waals surface area contributed by atoms with Crippen LogP contribution in [0, 0.1) is 0 Å². The van der Waals surface area contributed by atoms with Gasteiger partial charge in [-0.25, -0.2) is 13.2 Å². The molecule has 0 unspecified atom stereocenters. The Morgan fingerprint density at radius 2 is 1.74 bits per heavy atom. The van der Waals surface area contributed by atoms with E-state index in [1.807, 2.05) is 0 Å². The van der Waals surface area contributed by atoms with Crippen molar-refractivity contribution in [2.45, 2.75) is 11.8 Å². The molecule has 0 atom stereocenters. The van der Waals surface area contributed by atoms with Crippen molar-refractivity contribution in [2.24, 2.45) is 0 Å². The van der Waals surface area contributed by atoms with Gasteiger partial charge in [-0.2, -0.15) is 4.31 Å². The molecule has 1 aliphatic heterocycles. The summed E-state index contributed by atoms with van der Waals surface area (Å²) in [5.74, 6) is -1.05. The molecule has 2 rings (SSSR count). The molecule has 148 valence electrons. The minimum absolute atomic E-state index is 0.0407. The molecule has 0 aromatic heterocycles. The van der Waals surface area contributed by atoms with Gasteiger partial charge < -0.3 is 19.5 Å².